The van der Waals surface area contributed by atoms with E-state index in [1.165, 1.54) is 0 Å². The monoisotopic (exact) mass is 476 g/mol. The molecule has 0 fully saturated rings. The molecule has 0 aromatic heterocycles. The molecule has 0 aliphatic heterocycles. The number of hydrogen-bond donors (Lipinski definition) is 2. The number of rotatable bonds is 9. The first-order valence-corrected chi connectivity index (χ1v) is 10.7. The lowest BCUT2D eigenvalue weighted by Crippen LogP contribution is -2.50. The molecule has 2 amide bonds. The first-order chi connectivity index (χ1) is 14.3. The van der Waals surface area contributed by atoms with Crippen molar-refractivity contribution in [2.45, 2.75) is 39.8 Å². The molecule has 2 aromatic carbocycles. The van der Waals surface area contributed by atoms with Gasteiger partial charge in [0.2, 0.25) is 5.91 Å². The molecular formula is C23H29BrN2O4. The third-order valence-corrected chi connectivity index (χ3v) is 5.32. The summed E-state index contributed by atoms with van der Waals surface area (Å²) >= 11 is 3.47. The van der Waals surface area contributed by atoms with Crippen LogP contribution in [0.15, 0.2) is 46.9 Å². The minimum absolute atomic E-state index is 0.0944. The fourth-order valence-electron chi connectivity index (χ4n) is 3.03. The van der Waals surface area contributed by atoms with Gasteiger partial charge in [-0.1, -0.05) is 32.0 Å². The van der Waals surface area contributed by atoms with E-state index in [0.29, 0.717) is 17.9 Å². The Morgan fingerprint density at radius 1 is 1.03 bits per heavy atom. The van der Waals surface area contributed by atoms with Crippen LogP contribution in [0.1, 0.15) is 49.7 Å². The zero-order valence-corrected chi connectivity index (χ0v) is 19.6. The molecule has 0 aliphatic carbocycles. The largest absolute Gasteiger partial charge is 0.496 e. The Hall–Kier alpha value is -2.54. The maximum absolute atomic E-state index is 13.0. The third kappa shape index (κ3) is 5.98. The summed E-state index contributed by atoms with van der Waals surface area (Å²) in [6.07, 6.45) is 0. The van der Waals surface area contributed by atoms with E-state index in [4.69, 9.17) is 9.47 Å². The second-order valence-corrected chi connectivity index (χ2v) is 8.10. The van der Waals surface area contributed by atoms with Crippen LogP contribution in [0.4, 0.5) is 0 Å². The molecule has 2 N–H and O–H groups in total. The lowest BCUT2D eigenvalue weighted by atomic mass is 10.0. The average molecular weight is 477 g/mol. The van der Waals surface area contributed by atoms with Gasteiger partial charge < -0.3 is 20.1 Å². The number of benzene rings is 2. The standard InChI is InChI=1S/C23H29BrN2O4/c1-6-30-19-10-8-7-9-17(19)22(27)26-21(14(2)3)23(28)25-15(4)16-11-12-20(29-5)18(24)13-16/h7-15,21H,6H2,1-5H3,(H,25,28)(H,26,27). The van der Waals surface area contributed by atoms with Crippen LogP contribution < -0.4 is 20.1 Å². The van der Waals surface area contributed by atoms with Crippen molar-refractivity contribution in [2.75, 3.05) is 13.7 Å². The van der Waals surface area contributed by atoms with Crippen molar-refractivity contribution in [3.8, 4) is 11.5 Å². The number of halogens is 1. The molecule has 0 radical (unpaired) electrons. The number of carbonyl (C=O) groups is 2. The number of ether oxygens (including phenoxy) is 2. The summed E-state index contributed by atoms with van der Waals surface area (Å²) in [6.45, 7) is 8.00. The van der Waals surface area contributed by atoms with Crippen molar-refractivity contribution < 1.29 is 19.1 Å². The molecule has 0 saturated carbocycles. The van der Waals surface area contributed by atoms with Crippen LogP contribution in [0.5, 0.6) is 11.5 Å². The van der Waals surface area contributed by atoms with Crippen molar-refractivity contribution in [1.29, 1.82) is 0 Å². The molecule has 0 bridgehead atoms. The molecule has 0 saturated heterocycles. The molecule has 0 aliphatic rings. The zero-order valence-electron chi connectivity index (χ0n) is 18.0. The number of methoxy groups -OCH3 is 1. The van der Waals surface area contributed by atoms with Crippen molar-refractivity contribution in [3.63, 3.8) is 0 Å². The predicted molar refractivity (Wildman–Crippen MR) is 121 cm³/mol. The Balaban J connectivity index is 2.13. The molecule has 162 valence electrons. The van der Waals surface area contributed by atoms with E-state index < -0.39 is 6.04 Å². The second-order valence-electron chi connectivity index (χ2n) is 7.25. The Morgan fingerprint density at radius 3 is 2.33 bits per heavy atom. The van der Waals surface area contributed by atoms with Gasteiger partial charge >= 0.3 is 0 Å². The summed E-state index contributed by atoms with van der Waals surface area (Å²) in [4.78, 5) is 25.8. The minimum atomic E-state index is -0.684. The molecule has 2 rings (SSSR count). The highest BCUT2D eigenvalue weighted by Crippen LogP contribution is 2.28. The summed E-state index contributed by atoms with van der Waals surface area (Å²) in [7, 11) is 1.60. The SMILES string of the molecule is CCOc1ccccc1C(=O)NC(C(=O)NC(C)c1ccc(OC)c(Br)c1)C(C)C. The normalized spacial score (nSPS) is 12.8. The average Bonchev–Trinajstić information content (AvgIpc) is 2.72. The van der Waals surface area contributed by atoms with E-state index in [1.807, 2.05) is 52.0 Å². The van der Waals surface area contributed by atoms with Gasteiger partial charge in [0.25, 0.3) is 5.91 Å². The Morgan fingerprint density at radius 2 is 1.73 bits per heavy atom. The van der Waals surface area contributed by atoms with Crippen molar-refractivity contribution in [2.24, 2.45) is 5.92 Å². The van der Waals surface area contributed by atoms with Gasteiger partial charge in [-0.2, -0.15) is 0 Å². The lowest BCUT2D eigenvalue weighted by Gasteiger charge is -2.25. The summed E-state index contributed by atoms with van der Waals surface area (Å²) < 4.78 is 11.6. The van der Waals surface area contributed by atoms with Gasteiger partial charge in [-0.25, -0.2) is 0 Å². The number of nitrogens with one attached hydrogen (secondary N) is 2. The van der Waals surface area contributed by atoms with Gasteiger partial charge in [0, 0.05) is 0 Å². The van der Waals surface area contributed by atoms with Gasteiger partial charge in [-0.15, -0.1) is 0 Å². The van der Waals surface area contributed by atoms with E-state index >= 15 is 0 Å². The molecule has 0 spiro atoms. The van der Waals surface area contributed by atoms with E-state index in [-0.39, 0.29) is 23.8 Å². The molecule has 2 aromatic rings. The van der Waals surface area contributed by atoms with Crippen LogP contribution >= 0.6 is 15.9 Å². The first-order valence-electron chi connectivity index (χ1n) is 9.94. The Bertz CT molecular complexity index is 885. The van der Waals surface area contributed by atoms with Gasteiger partial charge in [-0.3, -0.25) is 9.59 Å². The summed E-state index contributed by atoms with van der Waals surface area (Å²) in [5, 5.41) is 5.85. The number of para-hydroxylation sites is 1. The topological polar surface area (TPSA) is 76.7 Å². The van der Waals surface area contributed by atoms with Crippen molar-refractivity contribution in [3.05, 3.63) is 58.1 Å². The summed E-state index contributed by atoms with van der Waals surface area (Å²) in [5.41, 5.74) is 1.33. The predicted octanol–water partition coefficient (Wildman–Crippen LogP) is 4.49. The van der Waals surface area contributed by atoms with Crippen LogP contribution in [0.3, 0.4) is 0 Å². The van der Waals surface area contributed by atoms with Crippen molar-refractivity contribution in [1.82, 2.24) is 10.6 Å². The van der Waals surface area contributed by atoms with Gasteiger partial charge in [0.1, 0.15) is 17.5 Å². The molecular weight excluding hydrogens is 448 g/mol. The Kier molecular flexibility index (Phi) is 8.72. The maximum Gasteiger partial charge on any atom is 0.255 e. The van der Waals surface area contributed by atoms with Gasteiger partial charge in [0.15, 0.2) is 0 Å². The highest BCUT2D eigenvalue weighted by atomic mass is 79.9. The summed E-state index contributed by atoms with van der Waals surface area (Å²) in [6, 6.07) is 11.7. The zero-order chi connectivity index (χ0) is 22.3. The molecule has 0 heterocycles. The van der Waals surface area contributed by atoms with Crippen LogP contribution in [0, 0.1) is 5.92 Å². The number of hydrogen-bond acceptors (Lipinski definition) is 4. The van der Waals surface area contributed by atoms with E-state index in [2.05, 4.69) is 26.6 Å². The molecule has 6 nitrogen and oxygen atoms in total. The molecule has 2 unspecified atom stereocenters. The quantitative estimate of drug-likeness (QED) is 0.558. The van der Waals surface area contributed by atoms with Crippen LogP contribution in [0.25, 0.3) is 0 Å². The lowest BCUT2D eigenvalue weighted by molar-refractivity contribution is -0.124. The summed E-state index contributed by atoms with van der Waals surface area (Å²) in [5.74, 6) is 0.539. The van der Waals surface area contributed by atoms with Crippen molar-refractivity contribution >= 4 is 27.7 Å². The Labute approximate surface area is 186 Å². The number of carbonyl (C=O) groups excluding carboxylic acids is 2. The first kappa shape index (κ1) is 23.7. The van der Waals surface area contributed by atoms with Gasteiger partial charge in [0.05, 0.1) is 29.8 Å². The highest BCUT2D eigenvalue weighted by Gasteiger charge is 2.27. The van der Waals surface area contributed by atoms with E-state index in [0.717, 1.165) is 15.8 Å². The fraction of sp³-hybridized carbons (Fsp3) is 0.391. The van der Waals surface area contributed by atoms with Crippen LogP contribution in [0.2, 0.25) is 0 Å². The third-order valence-electron chi connectivity index (χ3n) is 4.70. The van der Waals surface area contributed by atoms with E-state index in [9.17, 15) is 9.59 Å². The molecule has 2 atom stereocenters. The molecule has 7 heteroatoms. The van der Waals surface area contributed by atoms with E-state index in [1.54, 1.807) is 25.3 Å². The van der Waals surface area contributed by atoms with Crippen LogP contribution in [-0.4, -0.2) is 31.6 Å². The minimum Gasteiger partial charge on any atom is -0.496 e. The second kappa shape index (κ2) is 11.0. The fourth-order valence-corrected chi connectivity index (χ4v) is 3.59. The van der Waals surface area contributed by atoms with Gasteiger partial charge in [-0.05, 0) is 65.5 Å². The molecule has 30 heavy (non-hydrogen) atoms. The highest BCUT2D eigenvalue weighted by molar-refractivity contribution is 9.10. The maximum atomic E-state index is 13.0. The smallest absolute Gasteiger partial charge is 0.255 e. The number of amides is 2. The van der Waals surface area contributed by atoms with Crippen LogP contribution in [-0.2, 0) is 4.79 Å².